The second kappa shape index (κ2) is 13.1. The van der Waals surface area contributed by atoms with Crippen molar-refractivity contribution in [2.45, 2.75) is 84.6 Å². The standard InChI is InChI=1S/C28H36F2N2O3/c1-5-6-7-8-9-10-11-18-25(33)31(26(34)21-14-12-16-23(29)19-21)32(28(2,3)4)27(35)22-15-13-17-24(30)20-22/h12-17,19-20H,5-11,18H2,1-4H3. The molecule has 7 heteroatoms. The first kappa shape index (κ1) is 28.1. The van der Waals surface area contributed by atoms with Gasteiger partial charge in [0.1, 0.15) is 11.6 Å². The van der Waals surface area contributed by atoms with Crippen LogP contribution in [0.1, 0.15) is 99.8 Å². The number of nitrogens with zero attached hydrogens (tertiary/aromatic N) is 2. The second-order valence-corrected chi connectivity index (χ2v) is 9.69. The number of imide groups is 1. The van der Waals surface area contributed by atoms with E-state index in [-0.39, 0.29) is 17.5 Å². The van der Waals surface area contributed by atoms with Gasteiger partial charge in [0, 0.05) is 17.5 Å². The van der Waals surface area contributed by atoms with Crippen LogP contribution in [-0.4, -0.2) is 33.3 Å². The lowest BCUT2D eigenvalue weighted by atomic mass is 10.0. The van der Waals surface area contributed by atoms with Crippen molar-refractivity contribution in [2.75, 3.05) is 0 Å². The van der Waals surface area contributed by atoms with Gasteiger partial charge in [-0.05, 0) is 63.6 Å². The first-order valence-corrected chi connectivity index (χ1v) is 12.3. The molecule has 0 aliphatic carbocycles. The molecule has 0 bridgehead atoms. The maximum absolute atomic E-state index is 13.9. The fraction of sp³-hybridized carbons (Fsp3) is 0.464. The van der Waals surface area contributed by atoms with Crippen molar-refractivity contribution in [3.8, 4) is 0 Å². The van der Waals surface area contributed by atoms with Crippen molar-refractivity contribution in [3.05, 3.63) is 71.3 Å². The van der Waals surface area contributed by atoms with E-state index in [1.54, 1.807) is 20.8 Å². The molecule has 0 saturated carbocycles. The van der Waals surface area contributed by atoms with E-state index in [9.17, 15) is 23.2 Å². The Bertz CT molecular complexity index is 1020. The molecule has 0 unspecified atom stereocenters. The van der Waals surface area contributed by atoms with Gasteiger partial charge in [0.25, 0.3) is 11.8 Å². The molecule has 0 atom stereocenters. The highest BCUT2D eigenvalue weighted by Crippen LogP contribution is 2.24. The minimum absolute atomic E-state index is 0.000640. The minimum Gasteiger partial charge on any atom is -0.273 e. The zero-order valence-electron chi connectivity index (χ0n) is 21.2. The summed E-state index contributed by atoms with van der Waals surface area (Å²) in [6, 6.07) is 10.1. The minimum atomic E-state index is -1.01. The number of unbranched alkanes of at least 4 members (excludes halogenated alkanes) is 6. The van der Waals surface area contributed by atoms with E-state index in [0.717, 1.165) is 54.3 Å². The van der Waals surface area contributed by atoms with Gasteiger partial charge < -0.3 is 0 Å². The first-order valence-electron chi connectivity index (χ1n) is 12.3. The fourth-order valence-electron chi connectivity index (χ4n) is 3.84. The van der Waals surface area contributed by atoms with Crippen LogP contribution < -0.4 is 0 Å². The summed E-state index contributed by atoms with van der Waals surface area (Å²) in [4.78, 5) is 40.4. The smallest absolute Gasteiger partial charge is 0.273 e. The molecule has 0 aliphatic heterocycles. The van der Waals surface area contributed by atoms with Crippen LogP contribution >= 0.6 is 0 Å². The molecular formula is C28H36F2N2O3. The number of hydrogen-bond acceptors (Lipinski definition) is 3. The maximum Gasteiger partial charge on any atom is 0.279 e. The van der Waals surface area contributed by atoms with Crippen LogP contribution in [0.2, 0.25) is 0 Å². The lowest BCUT2D eigenvalue weighted by Gasteiger charge is -2.42. The summed E-state index contributed by atoms with van der Waals surface area (Å²) in [5.41, 5.74) is -1.07. The van der Waals surface area contributed by atoms with Crippen molar-refractivity contribution in [2.24, 2.45) is 0 Å². The summed E-state index contributed by atoms with van der Waals surface area (Å²) in [7, 11) is 0. The Morgan fingerprint density at radius 2 is 1.23 bits per heavy atom. The largest absolute Gasteiger partial charge is 0.279 e. The number of carbonyl (C=O) groups is 3. The Hall–Kier alpha value is -3.09. The molecule has 0 aromatic heterocycles. The zero-order valence-corrected chi connectivity index (χ0v) is 21.2. The molecule has 0 aliphatic rings. The molecule has 0 heterocycles. The molecule has 35 heavy (non-hydrogen) atoms. The highest BCUT2D eigenvalue weighted by atomic mass is 19.1. The molecule has 5 nitrogen and oxygen atoms in total. The van der Waals surface area contributed by atoms with E-state index < -0.39 is 34.9 Å². The Balaban J connectivity index is 2.36. The van der Waals surface area contributed by atoms with Crippen molar-refractivity contribution in [3.63, 3.8) is 0 Å². The normalized spacial score (nSPS) is 11.3. The molecule has 190 valence electrons. The van der Waals surface area contributed by atoms with E-state index in [1.165, 1.54) is 42.8 Å². The van der Waals surface area contributed by atoms with Gasteiger partial charge in [0.15, 0.2) is 0 Å². The highest BCUT2D eigenvalue weighted by molar-refractivity contribution is 6.07. The molecular weight excluding hydrogens is 450 g/mol. The summed E-state index contributed by atoms with van der Waals surface area (Å²) >= 11 is 0. The van der Waals surface area contributed by atoms with E-state index in [4.69, 9.17) is 0 Å². The maximum atomic E-state index is 13.9. The third kappa shape index (κ3) is 8.26. The van der Waals surface area contributed by atoms with Gasteiger partial charge in [-0.1, -0.05) is 57.6 Å². The summed E-state index contributed by atoms with van der Waals surface area (Å²) < 4.78 is 27.8. The van der Waals surface area contributed by atoms with Crippen LogP contribution in [0, 0.1) is 11.6 Å². The Morgan fingerprint density at radius 1 is 0.743 bits per heavy atom. The van der Waals surface area contributed by atoms with E-state index in [2.05, 4.69) is 6.92 Å². The second-order valence-electron chi connectivity index (χ2n) is 9.69. The van der Waals surface area contributed by atoms with Crippen LogP contribution in [0.5, 0.6) is 0 Å². The molecule has 0 N–H and O–H groups in total. The number of benzene rings is 2. The summed E-state index contributed by atoms with van der Waals surface area (Å²) in [6.45, 7) is 7.18. The highest BCUT2D eigenvalue weighted by Gasteiger charge is 2.39. The predicted molar refractivity (Wildman–Crippen MR) is 133 cm³/mol. The number of hydrazine groups is 1. The molecule has 2 aromatic carbocycles. The summed E-state index contributed by atoms with van der Waals surface area (Å²) in [5, 5.41) is 1.86. The summed E-state index contributed by atoms with van der Waals surface area (Å²) in [6.07, 6.45) is 6.98. The van der Waals surface area contributed by atoms with Gasteiger partial charge in [-0.3, -0.25) is 14.4 Å². The quantitative estimate of drug-likeness (QED) is 0.270. The van der Waals surface area contributed by atoms with Crippen LogP contribution in [0.15, 0.2) is 48.5 Å². The van der Waals surface area contributed by atoms with Gasteiger partial charge in [-0.15, -0.1) is 0 Å². The van der Waals surface area contributed by atoms with Crippen LogP contribution in [0.4, 0.5) is 8.78 Å². The van der Waals surface area contributed by atoms with Gasteiger partial charge in [0.2, 0.25) is 5.91 Å². The average molecular weight is 487 g/mol. The zero-order chi connectivity index (χ0) is 26.0. The predicted octanol–water partition coefficient (Wildman–Crippen LogP) is 6.93. The van der Waals surface area contributed by atoms with Gasteiger partial charge in [-0.2, -0.15) is 5.01 Å². The van der Waals surface area contributed by atoms with E-state index in [0.29, 0.717) is 6.42 Å². The number of amides is 3. The van der Waals surface area contributed by atoms with Gasteiger partial charge >= 0.3 is 0 Å². The van der Waals surface area contributed by atoms with Gasteiger partial charge in [-0.25, -0.2) is 13.8 Å². The van der Waals surface area contributed by atoms with Crippen LogP contribution in [0.25, 0.3) is 0 Å². The fourth-order valence-corrected chi connectivity index (χ4v) is 3.84. The molecule has 3 amide bonds. The van der Waals surface area contributed by atoms with E-state index >= 15 is 0 Å². The van der Waals surface area contributed by atoms with Crippen molar-refractivity contribution in [1.82, 2.24) is 10.0 Å². The Labute approximate surface area is 207 Å². The van der Waals surface area contributed by atoms with Gasteiger partial charge in [0.05, 0.1) is 5.54 Å². The third-order valence-corrected chi connectivity index (χ3v) is 5.59. The molecule has 0 radical (unpaired) electrons. The number of rotatable bonds is 10. The van der Waals surface area contributed by atoms with Crippen molar-refractivity contribution >= 4 is 17.7 Å². The third-order valence-electron chi connectivity index (χ3n) is 5.59. The average Bonchev–Trinajstić information content (AvgIpc) is 2.80. The van der Waals surface area contributed by atoms with Crippen molar-refractivity contribution in [1.29, 1.82) is 0 Å². The topological polar surface area (TPSA) is 57.7 Å². The molecule has 2 rings (SSSR count). The number of carbonyl (C=O) groups excluding carboxylic acids is 3. The van der Waals surface area contributed by atoms with Crippen LogP contribution in [-0.2, 0) is 4.79 Å². The Kier molecular flexibility index (Phi) is 10.6. The lowest BCUT2D eigenvalue weighted by molar-refractivity contribution is -0.144. The summed E-state index contributed by atoms with van der Waals surface area (Å²) in [5.74, 6) is -3.31. The monoisotopic (exact) mass is 486 g/mol. The molecule has 0 saturated heterocycles. The Morgan fingerprint density at radius 3 is 1.71 bits per heavy atom. The first-order chi connectivity index (χ1) is 16.6. The SMILES string of the molecule is CCCCCCCCCC(=O)N(C(=O)c1cccc(F)c1)N(C(=O)c1cccc(F)c1)C(C)(C)C. The molecule has 2 aromatic rings. The van der Waals surface area contributed by atoms with Crippen LogP contribution in [0.3, 0.4) is 0 Å². The molecule has 0 spiro atoms. The number of hydrogen-bond donors (Lipinski definition) is 0. The number of halogens is 2. The van der Waals surface area contributed by atoms with Crippen molar-refractivity contribution < 1.29 is 23.2 Å². The molecule has 0 fully saturated rings. The van der Waals surface area contributed by atoms with E-state index in [1.807, 2.05) is 0 Å². The lowest BCUT2D eigenvalue weighted by Crippen LogP contribution is -2.60.